The zero-order valence-electron chi connectivity index (χ0n) is 11.0. The van der Waals surface area contributed by atoms with Crippen molar-refractivity contribution in [3.05, 3.63) is 69.7 Å². The summed E-state index contributed by atoms with van der Waals surface area (Å²) in [7, 11) is 0. The number of rotatable bonds is 4. The maximum absolute atomic E-state index is 10.7. The number of aliphatic hydroxyl groups excluding tert-OH is 1. The van der Waals surface area contributed by atoms with E-state index in [1.807, 2.05) is 24.3 Å². The fourth-order valence-electron chi connectivity index (χ4n) is 2.82. The Morgan fingerprint density at radius 1 is 1.05 bits per heavy atom. The molecular weight excluding hydrogens is 291 g/mol. The van der Waals surface area contributed by atoms with E-state index in [1.165, 1.54) is 5.56 Å². The van der Waals surface area contributed by atoms with Gasteiger partial charge < -0.3 is 5.11 Å². The number of hydrogen-bond acceptors (Lipinski definition) is 1. The summed E-state index contributed by atoms with van der Waals surface area (Å²) in [5.41, 5.74) is 2.02. The van der Waals surface area contributed by atoms with Gasteiger partial charge in [-0.1, -0.05) is 53.5 Å². The van der Waals surface area contributed by atoms with Crippen molar-refractivity contribution < 1.29 is 5.11 Å². The minimum atomic E-state index is -0.430. The van der Waals surface area contributed by atoms with Crippen molar-refractivity contribution in [1.29, 1.82) is 0 Å². The number of aliphatic hydroxyl groups is 1. The minimum absolute atomic E-state index is 0.104. The van der Waals surface area contributed by atoms with Gasteiger partial charge in [-0.15, -0.1) is 0 Å². The van der Waals surface area contributed by atoms with Gasteiger partial charge in [0.15, 0.2) is 0 Å². The van der Waals surface area contributed by atoms with Crippen LogP contribution in [0.1, 0.15) is 24.0 Å². The second-order valence-electron chi connectivity index (χ2n) is 5.48. The molecule has 0 aliphatic heterocycles. The average Bonchev–Trinajstić information content (AvgIpc) is 3.25. The molecule has 2 aromatic rings. The fraction of sp³-hybridized carbons (Fsp3) is 0.294. The van der Waals surface area contributed by atoms with E-state index in [0.717, 1.165) is 18.4 Å². The summed E-state index contributed by atoms with van der Waals surface area (Å²) in [5.74, 6) is 0. The van der Waals surface area contributed by atoms with Gasteiger partial charge in [0.25, 0.3) is 0 Å². The summed E-state index contributed by atoms with van der Waals surface area (Å²) < 4.78 is 0. The van der Waals surface area contributed by atoms with Crippen LogP contribution in [0.3, 0.4) is 0 Å². The molecular formula is C17H16Cl2O. The van der Waals surface area contributed by atoms with Gasteiger partial charge in [-0.05, 0) is 42.2 Å². The molecule has 1 aliphatic rings. The third-order valence-electron chi connectivity index (χ3n) is 4.20. The maximum atomic E-state index is 10.7. The second-order valence-corrected chi connectivity index (χ2v) is 6.32. The molecule has 1 atom stereocenters. The van der Waals surface area contributed by atoms with Gasteiger partial charge >= 0.3 is 0 Å². The molecule has 3 rings (SSSR count). The molecule has 1 saturated carbocycles. The SMILES string of the molecule is OC(Cc1cc(Cl)ccc1Cl)C1(c2ccccc2)CC1. The largest absolute Gasteiger partial charge is 0.392 e. The Morgan fingerprint density at radius 3 is 2.40 bits per heavy atom. The topological polar surface area (TPSA) is 20.2 Å². The van der Waals surface area contributed by atoms with Crippen molar-refractivity contribution in [2.75, 3.05) is 0 Å². The Bertz CT molecular complexity index is 606. The molecule has 20 heavy (non-hydrogen) atoms. The van der Waals surface area contributed by atoms with Gasteiger partial charge in [0.1, 0.15) is 0 Å². The van der Waals surface area contributed by atoms with E-state index in [-0.39, 0.29) is 5.41 Å². The number of hydrogen-bond donors (Lipinski definition) is 1. The minimum Gasteiger partial charge on any atom is -0.392 e. The van der Waals surface area contributed by atoms with Crippen LogP contribution in [0.4, 0.5) is 0 Å². The van der Waals surface area contributed by atoms with Crippen molar-refractivity contribution in [2.45, 2.75) is 30.8 Å². The molecule has 3 heteroatoms. The molecule has 104 valence electrons. The molecule has 1 N–H and O–H groups in total. The lowest BCUT2D eigenvalue weighted by atomic mass is 9.86. The smallest absolute Gasteiger partial charge is 0.0677 e. The van der Waals surface area contributed by atoms with Crippen molar-refractivity contribution in [1.82, 2.24) is 0 Å². The normalized spacial score (nSPS) is 17.8. The van der Waals surface area contributed by atoms with E-state index >= 15 is 0 Å². The lowest BCUT2D eigenvalue weighted by molar-refractivity contribution is 0.131. The van der Waals surface area contributed by atoms with Crippen LogP contribution in [0.15, 0.2) is 48.5 Å². The van der Waals surface area contributed by atoms with E-state index in [9.17, 15) is 5.11 Å². The standard InChI is InChI=1S/C17H16Cl2O/c18-14-6-7-15(19)12(10-14)11-16(20)17(8-9-17)13-4-2-1-3-5-13/h1-7,10,16,20H,8-9,11H2. The molecule has 1 fully saturated rings. The summed E-state index contributed by atoms with van der Waals surface area (Å²) >= 11 is 12.2. The summed E-state index contributed by atoms with van der Waals surface area (Å²) in [4.78, 5) is 0. The van der Waals surface area contributed by atoms with Gasteiger partial charge in [0.05, 0.1) is 6.10 Å². The van der Waals surface area contributed by atoms with Crippen LogP contribution in [-0.2, 0) is 11.8 Å². The first kappa shape index (κ1) is 13.9. The molecule has 1 unspecified atom stereocenters. The van der Waals surface area contributed by atoms with Gasteiger partial charge in [-0.2, -0.15) is 0 Å². The zero-order chi connectivity index (χ0) is 14.2. The van der Waals surface area contributed by atoms with E-state index in [4.69, 9.17) is 23.2 Å². The van der Waals surface area contributed by atoms with Gasteiger partial charge in [0.2, 0.25) is 0 Å². The molecule has 1 aliphatic carbocycles. The monoisotopic (exact) mass is 306 g/mol. The molecule has 0 amide bonds. The van der Waals surface area contributed by atoms with Gasteiger partial charge in [-0.25, -0.2) is 0 Å². The first-order valence-corrected chi connectivity index (χ1v) is 7.55. The molecule has 0 bridgehead atoms. The highest BCUT2D eigenvalue weighted by molar-refractivity contribution is 6.33. The fourth-order valence-corrected chi connectivity index (χ4v) is 3.21. The van der Waals surface area contributed by atoms with Crippen LogP contribution in [0.25, 0.3) is 0 Å². The Labute approximate surface area is 129 Å². The van der Waals surface area contributed by atoms with Crippen LogP contribution < -0.4 is 0 Å². The Balaban J connectivity index is 1.83. The highest BCUT2D eigenvalue weighted by Crippen LogP contribution is 2.51. The van der Waals surface area contributed by atoms with Crippen molar-refractivity contribution in [2.24, 2.45) is 0 Å². The average molecular weight is 307 g/mol. The number of halogens is 2. The molecule has 1 nitrogen and oxygen atoms in total. The third kappa shape index (κ3) is 2.58. The summed E-state index contributed by atoms with van der Waals surface area (Å²) in [6.45, 7) is 0. The van der Waals surface area contributed by atoms with E-state index in [1.54, 1.807) is 12.1 Å². The first-order chi connectivity index (χ1) is 9.62. The van der Waals surface area contributed by atoms with Crippen LogP contribution in [0.5, 0.6) is 0 Å². The molecule has 0 saturated heterocycles. The Hall–Kier alpha value is -1.02. The third-order valence-corrected chi connectivity index (χ3v) is 4.80. The lowest BCUT2D eigenvalue weighted by Crippen LogP contribution is -2.28. The summed E-state index contributed by atoms with van der Waals surface area (Å²) in [5, 5.41) is 12.0. The van der Waals surface area contributed by atoms with Crippen LogP contribution in [-0.4, -0.2) is 11.2 Å². The Morgan fingerprint density at radius 2 is 1.75 bits per heavy atom. The molecule has 2 aromatic carbocycles. The summed E-state index contributed by atoms with van der Waals surface area (Å²) in [6, 6.07) is 15.6. The van der Waals surface area contributed by atoms with E-state index in [2.05, 4.69) is 12.1 Å². The van der Waals surface area contributed by atoms with Gasteiger partial charge in [-0.3, -0.25) is 0 Å². The van der Waals surface area contributed by atoms with E-state index in [0.29, 0.717) is 16.5 Å². The lowest BCUT2D eigenvalue weighted by Gasteiger charge is -2.23. The molecule has 0 spiro atoms. The molecule has 0 radical (unpaired) electrons. The highest BCUT2D eigenvalue weighted by Gasteiger charge is 2.50. The Kier molecular flexibility index (Phi) is 3.76. The molecule has 0 aromatic heterocycles. The predicted molar refractivity (Wildman–Crippen MR) is 83.5 cm³/mol. The van der Waals surface area contributed by atoms with Crippen LogP contribution >= 0.6 is 23.2 Å². The van der Waals surface area contributed by atoms with Gasteiger partial charge in [0, 0.05) is 21.9 Å². The quantitative estimate of drug-likeness (QED) is 0.873. The zero-order valence-corrected chi connectivity index (χ0v) is 12.5. The van der Waals surface area contributed by atoms with Crippen LogP contribution in [0, 0.1) is 0 Å². The van der Waals surface area contributed by atoms with Crippen molar-refractivity contribution in [3.63, 3.8) is 0 Å². The van der Waals surface area contributed by atoms with Crippen LogP contribution in [0.2, 0.25) is 10.0 Å². The number of benzene rings is 2. The maximum Gasteiger partial charge on any atom is 0.0677 e. The van der Waals surface area contributed by atoms with Crippen molar-refractivity contribution >= 4 is 23.2 Å². The molecule has 0 heterocycles. The van der Waals surface area contributed by atoms with Crippen molar-refractivity contribution in [3.8, 4) is 0 Å². The summed E-state index contributed by atoms with van der Waals surface area (Å²) in [6.07, 6.45) is 2.15. The predicted octanol–water partition coefficient (Wildman–Crippen LogP) is 4.63. The second kappa shape index (κ2) is 5.40. The first-order valence-electron chi connectivity index (χ1n) is 6.79. The van der Waals surface area contributed by atoms with E-state index < -0.39 is 6.10 Å². The highest BCUT2D eigenvalue weighted by atomic mass is 35.5.